The van der Waals surface area contributed by atoms with Crippen LogP contribution < -0.4 is 5.32 Å². The molecular weight excluding hydrogens is 316 g/mol. The Hall–Kier alpha value is -2.84. The lowest BCUT2D eigenvalue weighted by Crippen LogP contribution is -2.42. The van der Waals surface area contributed by atoms with Crippen LogP contribution in [0, 0.1) is 11.3 Å². The van der Waals surface area contributed by atoms with Gasteiger partial charge in [0.05, 0.1) is 11.6 Å². The maximum atomic E-state index is 12.1. The van der Waals surface area contributed by atoms with E-state index in [1.807, 2.05) is 6.07 Å². The van der Waals surface area contributed by atoms with E-state index in [0.29, 0.717) is 21.7 Å². The van der Waals surface area contributed by atoms with Crippen LogP contribution in [0.1, 0.15) is 21.5 Å². The highest BCUT2D eigenvalue weighted by Gasteiger charge is 2.21. The van der Waals surface area contributed by atoms with Gasteiger partial charge >= 0.3 is 5.97 Å². The summed E-state index contributed by atoms with van der Waals surface area (Å²) in [5, 5.41) is 21.0. The lowest BCUT2D eigenvalue weighted by molar-refractivity contribution is -0.139. The van der Waals surface area contributed by atoms with Crippen LogP contribution in [0.15, 0.2) is 48.5 Å². The molecule has 2 rings (SSSR count). The van der Waals surface area contributed by atoms with Crippen LogP contribution in [-0.2, 0) is 11.2 Å². The van der Waals surface area contributed by atoms with Crippen molar-refractivity contribution in [1.82, 2.24) is 5.32 Å². The van der Waals surface area contributed by atoms with Gasteiger partial charge in [-0.05, 0) is 42.0 Å². The first-order valence-corrected chi connectivity index (χ1v) is 7.15. The molecule has 0 spiro atoms. The van der Waals surface area contributed by atoms with Crippen LogP contribution in [0.2, 0.25) is 5.02 Å². The first kappa shape index (κ1) is 16.5. The predicted octanol–water partition coefficient (Wildman–Crippen LogP) is 2.64. The molecule has 0 aliphatic carbocycles. The monoisotopic (exact) mass is 328 g/mol. The van der Waals surface area contributed by atoms with Gasteiger partial charge in [-0.15, -0.1) is 0 Å². The number of hydrogen-bond donors (Lipinski definition) is 2. The van der Waals surface area contributed by atoms with Gasteiger partial charge in [-0.2, -0.15) is 5.26 Å². The Balaban J connectivity index is 2.09. The second-order valence-electron chi connectivity index (χ2n) is 4.88. The third-order valence-electron chi connectivity index (χ3n) is 3.23. The second kappa shape index (κ2) is 7.43. The van der Waals surface area contributed by atoms with E-state index in [2.05, 4.69) is 5.32 Å². The zero-order valence-corrected chi connectivity index (χ0v) is 12.7. The van der Waals surface area contributed by atoms with E-state index in [1.54, 1.807) is 36.4 Å². The molecule has 5 nitrogen and oxygen atoms in total. The van der Waals surface area contributed by atoms with Crippen molar-refractivity contribution in [2.24, 2.45) is 0 Å². The molecule has 0 saturated carbocycles. The minimum absolute atomic E-state index is 0.125. The first-order chi connectivity index (χ1) is 11.0. The molecule has 0 saturated heterocycles. The molecule has 0 aromatic heterocycles. The van der Waals surface area contributed by atoms with E-state index >= 15 is 0 Å². The molecule has 0 heterocycles. The largest absolute Gasteiger partial charge is 0.480 e. The van der Waals surface area contributed by atoms with E-state index in [1.165, 1.54) is 12.1 Å². The van der Waals surface area contributed by atoms with Crippen molar-refractivity contribution < 1.29 is 14.7 Å². The molecule has 2 N–H and O–H groups in total. The van der Waals surface area contributed by atoms with Crippen molar-refractivity contribution in [1.29, 1.82) is 5.26 Å². The third kappa shape index (κ3) is 4.56. The maximum absolute atomic E-state index is 12.1. The fourth-order valence-corrected chi connectivity index (χ4v) is 2.12. The SMILES string of the molecule is N#Cc1ccc(C[C@H](NC(=O)c2ccc(Cl)cc2)C(=O)O)cc1. The Kier molecular flexibility index (Phi) is 5.34. The van der Waals surface area contributed by atoms with E-state index in [-0.39, 0.29) is 6.42 Å². The van der Waals surface area contributed by atoms with Gasteiger partial charge in [-0.1, -0.05) is 23.7 Å². The van der Waals surface area contributed by atoms with Crippen LogP contribution in [0.25, 0.3) is 0 Å². The summed E-state index contributed by atoms with van der Waals surface area (Å²) in [6.07, 6.45) is 0.125. The maximum Gasteiger partial charge on any atom is 0.326 e. The van der Waals surface area contributed by atoms with Gasteiger partial charge in [-0.3, -0.25) is 4.79 Å². The highest BCUT2D eigenvalue weighted by Crippen LogP contribution is 2.11. The van der Waals surface area contributed by atoms with Gasteiger partial charge in [-0.25, -0.2) is 4.79 Å². The number of amides is 1. The number of nitriles is 1. The average molecular weight is 329 g/mol. The number of nitrogens with one attached hydrogen (secondary N) is 1. The van der Waals surface area contributed by atoms with E-state index in [4.69, 9.17) is 16.9 Å². The number of carbonyl (C=O) groups excluding carboxylic acids is 1. The van der Waals surface area contributed by atoms with Crippen molar-refractivity contribution in [3.05, 3.63) is 70.2 Å². The third-order valence-corrected chi connectivity index (χ3v) is 3.48. The van der Waals surface area contributed by atoms with E-state index in [9.17, 15) is 14.7 Å². The highest BCUT2D eigenvalue weighted by atomic mass is 35.5. The lowest BCUT2D eigenvalue weighted by Gasteiger charge is -2.15. The lowest BCUT2D eigenvalue weighted by atomic mass is 10.0. The highest BCUT2D eigenvalue weighted by molar-refractivity contribution is 6.30. The number of carboxylic acids is 1. The van der Waals surface area contributed by atoms with Crippen LogP contribution in [0.4, 0.5) is 0 Å². The fourth-order valence-electron chi connectivity index (χ4n) is 1.99. The molecule has 2 aromatic carbocycles. The molecule has 116 valence electrons. The molecule has 0 radical (unpaired) electrons. The molecule has 0 aliphatic rings. The number of carboxylic acid groups (broad SMARTS) is 1. The standard InChI is InChI=1S/C17H13ClN2O3/c18-14-7-5-13(6-8-14)16(21)20-15(17(22)23)9-11-1-3-12(10-19)4-2-11/h1-8,15H,9H2,(H,20,21)(H,22,23)/t15-/m0/s1. The Morgan fingerprint density at radius 2 is 1.74 bits per heavy atom. The molecule has 0 aliphatic heterocycles. The summed E-state index contributed by atoms with van der Waals surface area (Å²) in [5.74, 6) is -1.61. The number of rotatable bonds is 5. The summed E-state index contributed by atoms with van der Waals surface area (Å²) >= 11 is 5.76. The minimum Gasteiger partial charge on any atom is -0.480 e. The van der Waals surface area contributed by atoms with Crippen molar-refractivity contribution in [2.75, 3.05) is 0 Å². The van der Waals surface area contributed by atoms with Crippen LogP contribution in [-0.4, -0.2) is 23.0 Å². The summed E-state index contributed by atoms with van der Waals surface area (Å²) < 4.78 is 0. The zero-order chi connectivity index (χ0) is 16.8. The van der Waals surface area contributed by atoms with Gasteiger partial charge < -0.3 is 10.4 Å². The van der Waals surface area contributed by atoms with Gasteiger partial charge in [0.1, 0.15) is 6.04 Å². The van der Waals surface area contributed by atoms with Crippen molar-refractivity contribution in [3.63, 3.8) is 0 Å². The van der Waals surface area contributed by atoms with Crippen molar-refractivity contribution >= 4 is 23.5 Å². The average Bonchev–Trinajstić information content (AvgIpc) is 2.55. The summed E-state index contributed by atoms with van der Waals surface area (Å²) in [5.41, 5.74) is 1.54. The predicted molar refractivity (Wildman–Crippen MR) is 85.2 cm³/mol. The molecule has 1 amide bonds. The summed E-state index contributed by atoms with van der Waals surface area (Å²) in [6.45, 7) is 0. The molecule has 23 heavy (non-hydrogen) atoms. The number of nitrogens with zero attached hydrogens (tertiary/aromatic N) is 1. The molecular formula is C17H13ClN2O3. The number of carbonyl (C=O) groups is 2. The quantitative estimate of drug-likeness (QED) is 0.882. The fraction of sp³-hybridized carbons (Fsp3) is 0.118. The topological polar surface area (TPSA) is 90.2 Å². The van der Waals surface area contributed by atoms with E-state index < -0.39 is 17.9 Å². The summed E-state index contributed by atoms with van der Waals surface area (Å²) in [7, 11) is 0. The molecule has 0 unspecified atom stereocenters. The number of aliphatic carboxylic acids is 1. The van der Waals surface area contributed by atoms with Gasteiger partial charge in [0.2, 0.25) is 0 Å². The smallest absolute Gasteiger partial charge is 0.326 e. The number of halogens is 1. The molecule has 0 bridgehead atoms. The Labute approximate surface area is 138 Å². The van der Waals surface area contributed by atoms with Crippen LogP contribution >= 0.6 is 11.6 Å². The van der Waals surface area contributed by atoms with Crippen LogP contribution in [0.5, 0.6) is 0 Å². The minimum atomic E-state index is -1.13. The molecule has 6 heteroatoms. The van der Waals surface area contributed by atoms with Gasteiger partial charge in [0.15, 0.2) is 0 Å². The Morgan fingerprint density at radius 3 is 2.26 bits per heavy atom. The summed E-state index contributed by atoms with van der Waals surface area (Å²) in [6, 6.07) is 13.7. The van der Waals surface area contributed by atoms with E-state index in [0.717, 1.165) is 0 Å². The second-order valence-corrected chi connectivity index (χ2v) is 5.32. The normalized spacial score (nSPS) is 11.3. The molecule has 0 fully saturated rings. The Morgan fingerprint density at radius 1 is 1.13 bits per heavy atom. The van der Waals surface area contributed by atoms with Crippen molar-refractivity contribution in [2.45, 2.75) is 12.5 Å². The number of hydrogen-bond acceptors (Lipinski definition) is 3. The zero-order valence-electron chi connectivity index (χ0n) is 12.0. The Bertz CT molecular complexity index is 749. The summed E-state index contributed by atoms with van der Waals surface area (Å²) in [4.78, 5) is 23.5. The van der Waals surface area contributed by atoms with Gasteiger partial charge in [0.25, 0.3) is 5.91 Å². The number of benzene rings is 2. The molecule has 1 atom stereocenters. The van der Waals surface area contributed by atoms with Gasteiger partial charge in [0, 0.05) is 17.0 Å². The van der Waals surface area contributed by atoms with Crippen LogP contribution in [0.3, 0.4) is 0 Å². The van der Waals surface area contributed by atoms with Crippen molar-refractivity contribution in [3.8, 4) is 6.07 Å². The molecule has 2 aromatic rings. The first-order valence-electron chi connectivity index (χ1n) is 6.78.